The second-order valence-electron chi connectivity index (χ2n) is 1.01. The molecule has 0 bridgehead atoms. The van der Waals surface area contributed by atoms with E-state index in [1.165, 1.54) is 0 Å². The quantitative estimate of drug-likeness (QED) is 0.201. The first kappa shape index (κ1) is 29.2. The van der Waals surface area contributed by atoms with Crippen molar-refractivity contribution in [1.82, 2.24) is 18.5 Å². The number of rotatable bonds is 0. The standard InChI is InChI=1S/C2HCl3O.BH3O3.3H3N/c3-2(4,5)1-6;2-1(3)4;;;/h1H;2-4H;3*1H3. The third kappa shape index (κ3) is 117. The summed E-state index contributed by atoms with van der Waals surface area (Å²) < 4.78 is -1.72. The fourth-order valence-corrected chi connectivity index (χ4v) is 0. The Balaban J connectivity index is -0.0000000279. The third-order valence-electron chi connectivity index (χ3n) is 0.134. The molecule has 0 unspecified atom stereocenters. The van der Waals surface area contributed by atoms with Crippen molar-refractivity contribution in [2.24, 2.45) is 0 Å². The summed E-state index contributed by atoms with van der Waals surface area (Å²) in [7, 11) is -2.17. The molecule has 0 aliphatic rings. The van der Waals surface area contributed by atoms with E-state index in [2.05, 4.69) is 0 Å². The van der Waals surface area contributed by atoms with E-state index in [0.29, 0.717) is 0 Å². The highest BCUT2D eigenvalue weighted by molar-refractivity contribution is 6.74. The third-order valence-corrected chi connectivity index (χ3v) is 0.401. The molecule has 84 valence electrons. The zero-order valence-electron chi connectivity index (χ0n) is 6.66. The summed E-state index contributed by atoms with van der Waals surface area (Å²) in [4.78, 5) is 9.43. The molecule has 11 heteroatoms. The average Bonchev–Trinajstić information content (AvgIpc) is 1.63. The topological polar surface area (TPSA) is 183 Å². The number of alkyl halides is 3. The lowest BCUT2D eigenvalue weighted by molar-refractivity contribution is -0.107. The summed E-state index contributed by atoms with van der Waals surface area (Å²) in [5.41, 5.74) is 0. The molecule has 0 saturated carbocycles. The van der Waals surface area contributed by atoms with Gasteiger partial charge in [0.15, 0.2) is 6.29 Å². The van der Waals surface area contributed by atoms with Crippen molar-refractivity contribution in [2.75, 3.05) is 0 Å². The molecule has 0 aliphatic heterocycles. The Labute approximate surface area is 90.9 Å². The zero-order chi connectivity index (χ0) is 8.78. The molecule has 0 fully saturated rings. The van der Waals surface area contributed by atoms with Gasteiger partial charge in [-0.3, -0.25) is 4.79 Å². The molecule has 7 nitrogen and oxygen atoms in total. The van der Waals surface area contributed by atoms with Gasteiger partial charge in [0.1, 0.15) is 0 Å². The van der Waals surface area contributed by atoms with Crippen LogP contribution in [0.15, 0.2) is 0 Å². The van der Waals surface area contributed by atoms with E-state index in [9.17, 15) is 4.79 Å². The van der Waals surface area contributed by atoms with Crippen LogP contribution in [0.2, 0.25) is 0 Å². The van der Waals surface area contributed by atoms with E-state index in [-0.39, 0.29) is 24.7 Å². The Morgan fingerprint density at radius 1 is 1.00 bits per heavy atom. The summed E-state index contributed by atoms with van der Waals surface area (Å²) in [6, 6.07) is 0. The fourth-order valence-electron chi connectivity index (χ4n) is 0. The van der Waals surface area contributed by atoms with Crippen LogP contribution in [-0.2, 0) is 4.79 Å². The number of aldehydes is 1. The number of carbonyl (C=O) groups excluding carboxylic acids is 1. The number of hydrogen-bond donors (Lipinski definition) is 6. The Bertz CT molecular complexity index is 98.4. The number of carbonyl (C=O) groups is 1. The summed E-state index contributed by atoms with van der Waals surface area (Å²) >= 11 is 14.6. The Hall–Kier alpha value is 0.365. The summed E-state index contributed by atoms with van der Waals surface area (Å²) in [6.07, 6.45) is 0.234. The lowest BCUT2D eigenvalue weighted by Crippen LogP contribution is -2.07. The summed E-state index contributed by atoms with van der Waals surface area (Å²) in [5.74, 6) is 0. The first-order valence-corrected chi connectivity index (χ1v) is 3.00. The minimum absolute atomic E-state index is 0. The molecule has 13 heavy (non-hydrogen) atoms. The molecule has 0 radical (unpaired) electrons. The highest BCUT2D eigenvalue weighted by Gasteiger charge is 2.16. The highest BCUT2D eigenvalue weighted by Crippen LogP contribution is 2.21. The van der Waals surface area contributed by atoms with E-state index >= 15 is 0 Å². The first-order chi connectivity index (χ1) is 4.29. The van der Waals surface area contributed by atoms with Gasteiger partial charge < -0.3 is 33.5 Å². The van der Waals surface area contributed by atoms with Gasteiger partial charge in [0, 0.05) is 0 Å². The second-order valence-corrected chi connectivity index (χ2v) is 3.37. The van der Waals surface area contributed by atoms with Gasteiger partial charge in [0.25, 0.3) is 0 Å². The smallest absolute Gasteiger partial charge is 0.402 e. The molecule has 12 N–H and O–H groups in total. The molecular weight excluding hydrogens is 247 g/mol. The minimum Gasteiger partial charge on any atom is -0.402 e. The van der Waals surface area contributed by atoms with Crippen molar-refractivity contribution in [3.05, 3.63) is 0 Å². The van der Waals surface area contributed by atoms with Crippen LogP contribution in [0, 0.1) is 0 Å². The van der Waals surface area contributed by atoms with Crippen molar-refractivity contribution < 1.29 is 19.9 Å². The molecular formula is C2H13BCl3N3O4. The fraction of sp³-hybridized carbons (Fsp3) is 0.500. The molecule has 0 aromatic carbocycles. The molecule has 0 saturated heterocycles. The second kappa shape index (κ2) is 14.9. The SMILES string of the molecule is N.N.N.O=CC(Cl)(Cl)Cl.OB(O)O. The van der Waals surface area contributed by atoms with Crippen LogP contribution in [0.1, 0.15) is 0 Å². The number of hydrogen-bond acceptors (Lipinski definition) is 7. The Morgan fingerprint density at radius 2 is 1.08 bits per heavy atom. The van der Waals surface area contributed by atoms with Crippen LogP contribution in [0.25, 0.3) is 0 Å². The van der Waals surface area contributed by atoms with E-state index in [1.54, 1.807) is 0 Å². The first-order valence-electron chi connectivity index (χ1n) is 1.87. The van der Waals surface area contributed by atoms with Gasteiger partial charge in [0.2, 0.25) is 3.79 Å². The lowest BCUT2D eigenvalue weighted by Gasteiger charge is -1.93. The minimum atomic E-state index is -2.17. The Kier molecular flexibility index (Phi) is 33.4. The number of halogens is 3. The van der Waals surface area contributed by atoms with Crippen LogP contribution in [0.5, 0.6) is 0 Å². The molecule has 0 aromatic heterocycles. The lowest BCUT2D eigenvalue weighted by atomic mass is 10.3. The van der Waals surface area contributed by atoms with Crippen LogP contribution in [0.3, 0.4) is 0 Å². The van der Waals surface area contributed by atoms with Crippen molar-refractivity contribution in [1.29, 1.82) is 0 Å². The van der Waals surface area contributed by atoms with Gasteiger partial charge in [-0.25, -0.2) is 0 Å². The predicted octanol–water partition coefficient (Wildman–Crippen LogP) is -0.0103. The van der Waals surface area contributed by atoms with Crippen molar-refractivity contribution in [2.45, 2.75) is 3.79 Å². The van der Waals surface area contributed by atoms with Crippen molar-refractivity contribution >= 4 is 48.4 Å². The van der Waals surface area contributed by atoms with Crippen molar-refractivity contribution in [3.8, 4) is 0 Å². The maximum absolute atomic E-state index is 9.43. The van der Waals surface area contributed by atoms with Gasteiger partial charge in [-0.2, -0.15) is 0 Å². The maximum Gasteiger partial charge on any atom is 0.631 e. The molecule has 0 spiro atoms. The zero-order valence-corrected chi connectivity index (χ0v) is 8.93. The monoisotopic (exact) mass is 259 g/mol. The summed E-state index contributed by atoms with van der Waals surface area (Å²) in [5, 5.41) is 21.5. The van der Waals surface area contributed by atoms with Crippen LogP contribution >= 0.6 is 34.8 Å². The van der Waals surface area contributed by atoms with Crippen LogP contribution < -0.4 is 18.5 Å². The van der Waals surface area contributed by atoms with E-state index in [0.717, 1.165) is 0 Å². The maximum atomic E-state index is 9.43. The average molecular weight is 260 g/mol. The van der Waals surface area contributed by atoms with Gasteiger partial charge >= 0.3 is 7.32 Å². The van der Waals surface area contributed by atoms with E-state index < -0.39 is 11.1 Å². The molecule has 0 amide bonds. The Morgan fingerprint density at radius 3 is 1.08 bits per heavy atom. The molecule has 0 rings (SSSR count). The molecule has 0 atom stereocenters. The summed E-state index contributed by atoms with van der Waals surface area (Å²) in [6.45, 7) is 0. The molecule has 0 aromatic rings. The largest absolute Gasteiger partial charge is 0.631 e. The highest BCUT2D eigenvalue weighted by atomic mass is 35.6. The predicted molar refractivity (Wildman–Crippen MR) is 53.8 cm³/mol. The van der Waals surface area contributed by atoms with Crippen LogP contribution in [-0.4, -0.2) is 32.5 Å². The van der Waals surface area contributed by atoms with Gasteiger partial charge in [0.05, 0.1) is 0 Å². The normalized spacial score (nSPS) is 7.23. The van der Waals surface area contributed by atoms with Gasteiger partial charge in [-0.1, -0.05) is 34.8 Å². The van der Waals surface area contributed by atoms with Gasteiger partial charge in [-0.05, 0) is 0 Å². The van der Waals surface area contributed by atoms with E-state index in [4.69, 9.17) is 49.9 Å². The van der Waals surface area contributed by atoms with Gasteiger partial charge in [-0.15, -0.1) is 0 Å². The molecule has 0 heterocycles. The van der Waals surface area contributed by atoms with Crippen molar-refractivity contribution in [3.63, 3.8) is 0 Å². The van der Waals surface area contributed by atoms with Crippen LogP contribution in [0.4, 0.5) is 0 Å². The van der Waals surface area contributed by atoms with E-state index in [1.807, 2.05) is 0 Å². The molecule has 0 aliphatic carbocycles.